The smallest absolute Gasteiger partial charge is 0.234 e. The summed E-state index contributed by atoms with van der Waals surface area (Å²) in [4.78, 5) is 19.5. The molecule has 1 aromatic heterocycles. The molecule has 2 aromatic carbocycles. The Morgan fingerprint density at radius 1 is 1.28 bits per heavy atom. The number of rotatable bonds is 6. The van der Waals surface area contributed by atoms with E-state index in [1.807, 2.05) is 55.5 Å². The van der Waals surface area contributed by atoms with Gasteiger partial charge in [-0.25, -0.2) is 4.98 Å². The molecule has 0 bridgehead atoms. The molecule has 0 spiro atoms. The summed E-state index contributed by atoms with van der Waals surface area (Å²) in [5.74, 6) is 1.80. The highest BCUT2D eigenvalue weighted by molar-refractivity contribution is 5.78. The second-order valence-electron chi connectivity index (χ2n) is 7.63. The topological polar surface area (TPSA) is 67.6 Å². The Balaban J connectivity index is 1.37. The van der Waals surface area contributed by atoms with Gasteiger partial charge in [-0.05, 0) is 44.5 Å². The van der Waals surface area contributed by atoms with Crippen molar-refractivity contribution >= 4 is 17.0 Å². The number of nitrogens with zero attached hydrogens (tertiary/aromatic N) is 2. The van der Waals surface area contributed by atoms with Crippen LogP contribution in [0.15, 0.2) is 52.9 Å². The number of carbonyl (C=O) groups is 1. The van der Waals surface area contributed by atoms with Gasteiger partial charge in [0.05, 0.1) is 19.7 Å². The first-order valence-electron chi connectivity index (χ1n) is 10.1. The van der Waals surface area contributed by atoms with Crippen molar-refractivity contribution in [1.29, 1.82) is 0 Å². The van der Waals surface area contributed by atoms with Crippen LogP contribution in [0.3, 0.4) is 0 Å². The van der Waals surface area contributed by atoms with Gasteiger partial charge in [0.15, 0.2) is 11.5 Å². The average Bonchev–Trinajstić information content (AvgIpc) is 3.18. The van der Waals surface area contributed by atoms with Gasteiger partial charge in [0.2, 0.25) is 5.91 Å². The SMILES string of the molecule is COc1ccccc1[C@H](C)NC(=O)CN1CCC[C@@H](c2nc3ccccc3o2)C1. The number of nitrogens with one attached hydrogen (secondary N) is 1. The Hall–Kier alpha value is -2.86. The predicted octanol–water partition coefficient (Wildman–Crippen LogP) is 3.89. The molecule has 1 saturated heterocycles. The van der Waals surface area contributed by atoms with Gasteiger partial charge in [0, 0.05) is 18.0 Å². The van der Waals surface area contributed by atoms with Gasteiger partial charge in [-0.2, -0.15) is 0 Å². The lowest BCUT2D eigenvalue weighted by Crippen LogP contribution is -2.42. The number of likely N-dealkylation sites (tertiary alicyclic amines) is 1. The maximum absolute atomic E-state index is 12.6. The van der Waals surface area contributed by atoms with Crippen LogP contribution in [0.2, 0.25) is 0 Å². The second kappa shape index (κ2) is 8.66. The van der Waals surface area contributed by atoms with E-state index >= 15 is 0 Å². The number of amides is 1. The normalized spacial score (nSPS) is 18.5. The van der Waals surface area contributed by atoms with Crippen LogP contribution >= 0.6 is 0 Å². The van der Waals surface area contributed by atoms with Crippen molar-refractivity contribution in [1.82, 2.24) is 15.2 Å². The molecule has 1 aliphatic rings. The highest BCUT2D eigenvalue weighted by Crippen LogP contribution is 2.29. The van der Waals surface area contributed by atoms with E-state index in [0.29, 0.717) is 6.54 Å². The van der Waals surface area contributed by atoms with Crippen LogP contribution in [-0.4, -0.2) is 42.5 Å². The average molecular weight is 393 g/mol. The molecule has 2 heterocycles. The number of fused-ring (bicyclic) bond motifs is 1. The largest absolute Gasteiger partial charge is 0.496 e. The van der Waals surface area contributed by atoms with E-state index in [1.165, 1.54) is 0 Å². The molecule has 29 heavy (non-hydrogen) atoms. The molecular weight excluding hydrogens is 366 g/mol. The number of methoxy groups -OCH3 is 1. The van der Waals surface area contributed by atoms with Crippen molar-refractivity contribution in [3.05, 3.63) is 60.0 Å². The molecule has 1 N–H and O–H groups in total. The molecule has 6 heteroatoms. The Bertz CT molecular complexity index is 951. The molecule has 2 atom stereocenters. The number of oxazole rings is 1. The summed E-state index contributed by atoms with van der Waals surface area (Å²) >= 11 is 0. The molecule has 0 radical (unpaired) electrons. The maximum atomic E-state index is 12.6. The van der Waals surface area contributed by atoms with Crippen LogP contribution in [0.5, 0.6) is 5.75 Å². The van der Waals surface area contributed by atoms with Crippen molar-refractivity contribution in [3.63, 3.8) is 0 Å². The number of aromatic nitrogens is 1. The first-order chi connectivity index (χ1) is 14.1. The summed E-state index contributed by atoms with van der Waals surface area (Å²) in [7, 11) is 1.65. The standard InChI is InChI=1S/C23H27N3O3/c1-16(18-9-3-5-11-20(18)28-2)24-22(27)15-26-13-7-8-17(14-26)23-25-19-10-4-6-12-21(19)29-23/h3-6,9-12,16-17H,7-8,13-15H2,1-2H3,(H,24,27)/t16-,17+/m0/s1. The van der Waals surface area contributed by atoms with Crippen LogP contribution in [0.1, 0.15) is 43.2 Å². The number of para-hydroxylation sites is 3. The van der Waals surface area contributed by atoms with Gasteiger partial charge in [0.1, 0.15) is 11.3 Å². The maximum Gasteiger partial charge on any atom is 0.234 e. The zero-order valence-electron chi connectivity index (χ0n) is 16.9. The Morgan fingerprint density at radius 2 is 2.07 bits per heavy atom. The van der Waals surface area contributed by atoms with E-state index in [2.05, 4.69) is 15.2 Å². The first-order valence-corrected chi connectivity index (χ1v) is 10.1. The summed E-state index contributed by atoms with van der Waals surface area (Å²) < 4.78 is 11.4. The molecule has 4 rings (SSSR count). The van der Waals surface area contributed by atoms with Crippen LogP contribution in [0.4, 0.5) is 0 Å². The van der Waals surface area contributed by atoms with E-state index in [-0.39, 0.29) is 17.9 Å². The lowest BCUT2D eigenvalue weighted by molar-refractivity contribution is -0.123. The molecule has 1 fully saturated rings. The van der Waals surface area contributed by atoms with Crippen LogP contribution in [-0.2, 0) is 4.79 Å². The third-order valence-electron chi connectivity index (χ3n) is 5.52. The van der Waals surface area contributed by atoms with E-state index in [9.17, 15) is 4.79 Å². The zero-order valence-corrected chi connectivity index (χ0v) is 16.9. The minimum atomic E-state index is -0.115. The lowest BCUT2D eigenvalue weighted by Gasteiger charge is -2.31. The minimum absolute atomic E-state index is 0.0154. The van der Waals surface area contributed by atoms with Gasteiger partial charge >= 0.3 is 0 Å². The van der Waals surface area contributed by atoms with Crippen molar-refractivity contribution in [3.8, 4) is 5.75 Å². The molecule has 1 aliphatic heterocycles. The number of hydrogen-bond acceptors (Lipinski definition) is 5. The van der Waals surface area contributed by atoms with Gasteiger partial charge in [-0.15, -0.1) is 0 Å². The summed E-state index contributed by atoms with van der Waals surface area (Å²) in [6.07, 6.45) is 2.06. The fraction of sp³-hybridized carbons (Fsp3) is 0.391. The second-order valence-corrected chi connectivity index (χ2v) is 7.63. The summed E-state index contributed by atoms with van der Waals surface area (Å²) in [5, 5.41) is 3.09. The van der Waals surface area contributed by atoms with E-state index < -0.39 is 0 Å². The van der Waals surface area contributed by atoms with Gasteiger partial charge in [0.25, 0.3) is 0 Å². The fourth-order valence-corrected chi connectivity index (χ4v) is 4.06. The summed E-state index contributed by atoms with van der Waals surface area (Å²) in [6.45, 7) is 4.04. The Morgan fingerprint density at radius 3 is 2.90 bits per heavy atom. The van der Waals surface area contributed by atoms with Gasteiger partial charge in [-0.1, -0.05) is 30.3 Å². The summed E-state index contributed by atoms with van der Waals surface area (Å²) in [6, 6.07) is 15.5. The predicted molar refractivity (Wildman–Crippen MR) is 112 cm³/mol. The number of hydrogen-bond donors (Lipinski definition) is 1. The quantitative estimate of drug-likeness (QED) is 0.688. The number of carbonyl (C=O) groups excluding carboxylic acids is 1. The van der Waals surface area contributed by atoms with Crippen LogP contribution < -0.4 is 10.1 Å². The molecule has 0 unspecified atom stereocenters. The van der Waals surface area contributed by atoms with Crippen molar-refractivity contribution in [2.75, 3.05) is 26.7 Å². The minimum Gasteiger partial charge on any atom is -0.496 e. The Labute approximate surface area is 170 Å². The third kappa shape index (κ3) is 4.43. The van der Waals surface area contributed by atoms with Gasteiger partial charge in [-0.3, -0.25) is 9.69 Å². The van der Waals surface area contributed by atoms with E-state index in [4.69, 9.17) is 9.15 Å². The number of piperidine rings is 1. The summed E-state index contributed by atoms with van der Waals surface area (Å²) in [5.41, 5.74) is 2.69. The zero-order chi connectivity index (χ0) is 20.2. The van der Waals surface area contributed by atoms with Crippen molar-refractivity contribution in [2.24, 2.45) is 0 Å². The molecule has 0 aliphatic carbocycles. The molecule has 1 amide bonds. The van der Waals surface area contributed by atoms with Crippen molar-refractivity contribution in [2.45, 2.75) is 31.7 Å². The Kier molecular flexibility index (Phi) is 5.81. The van der Waals surface area contributed by atoms with Crippen molar-refractivity contribution < 1.29 is 13.9 Å². The number of benzene rings is 2. The molecule has 6 nitrogen and oxygen atoms in total. The monoisotopic (exact) mass is 393 g/mol. The molecule has 152 valence electrons. The molecule has 3 aromatic rings. The first kappa shape index (κ1) is 19.5. The lowest BCUT2D eigenvalue weighted by atomic mass is 9.98. The van der Waals surface area contributed by atoms with E-state index in [1.54, 1.807) is 7.11 Å². The van der Waals surface area contributed by atoms with Crippen LogP contribution in [0, 0.1) is 0 Å². The molecular formula is C23H27N3O3. The van der Waals surface area contributed by atoms with Crippen LogP contribution in [0.25, 0.3) is 11.1 Å². The molecule has 0 saturated carbocycles. The van der Waals surface area contributed by atoms with E-state index in [0.717, 1.165) is 54.2 Å². The highest BCUT2D eigenvalue weighted by Gasteiger charge is 2.27. The fourth-order valence-electron chi connectivity index (χ4n) is 4.06. The highest BCUT2D eigenvalue weighted by atomic mass is 16.5. The number of ether oxygens (including phenoxy) is 1. The van der Waals surface area contributed by atoms with Gasteiger partial charge < -0.3 is 14.5 Å². The third-order valence-corrected chi connectivity index (χ3v) is 5.52.